The van der Waals surface area contributed by atoms with Crippen molar-refractivity contribution in [3.63, 3.8) is 0 Å². The third kappa shape index (κ3) is 0.511. The van der Waals surface area contributed by atoms with Gasteiger partial charge in [-0.3, -0.25) is 4.79 Å². The van der Waals surface area contributed by atoms with Crippen LogP contribution in [0.3, 0.4) is 0 Å². The summed E-state index contributed by atoms with van der Waals surface area (Å²) in [5.74, 6) is -0.337. The van der Waals surface area contributed by atoms with Crippen LogP contribution in [0.4, 0.5) is 0 Å². The lowest BCUT2D eigenvalue weighted by atomic mass is 9.91. The first kappa shape index (κ1) is 5.71. The van der Waals surface area contributed by atoms with Gasteiger partial charge in [0.2, 0.25) is 0 Å². The van der Waals surface area contributed by atoms with E-state index in [1.54, 1.807) is 12.2 Å². The molecule has 0 atom stereocenters. The van der Waals surface area contributed by atoms with E-state index in [9.17, 15) is 4.79 Å². The number of carboxylic acids is 1. The Labute approximate surface area is 58.9 Å². The Balaban J connectivity index is 2.40. The first-order valence-corrected chi connectivity index (χ1v) is 3.35. The van der Waals surface area contributed by atoms with E-state index in [0.717, 1.165) is 6.42 Å². The Morgan fingerprint density at radius 3 is 2.30 bits per heavy atom. The minimum atomic E-state index is -0.722. The largest absolute Gasteiger partial charge is 0.480 e. The fourth-order valence-electron chi connectivity index (χ4n) is 1.60. The van der Waals surface area contributed by atoms with Gasteiger partial charge in [0.1, 0.15) is 5.41 Å². The molecule has 0 radical (unpaired) electrons. The summed E-state index contributed by atoms with van der Waals surface area (Å²) in [6.45, 7) is 0. The third-order valence-corrected chi connectivity index (χ3v) is 2.25. The summed E-state index contributed by atoms with van der Waals surface area (Å²) in [5, 5.41) is 8.79. The van der Waals surface area contributed by atoms with Crippen molar-refractivity contribution in [3.8, 4) is 0 Å². The van der Waals surface area contributed by atoms with Crippen molar-refractivity contribution < 1.29 is 9.90 Å². The molecule has 0 saturated heterocycles. The molecule has 1 N–H and O–H groups in total. The van der Waals surface area contributed by atoms with E-state index < -0.39 is 11.4 Å². The van der Waals surface area contributed by atoms with Crippen molar-refractivity contribution in [1.82, 2.24) is 0 Å². The molecule has 0 aromatic carbocycles. The molecule has 0 saturated carbocycles. The molecule has 2 aliphatic rings. The van der Waals surface area contributed by atoms with Gasteiger partial charge in [-0.25, -0.2) is 0 Å². The molecule has 0 aliphatic heterocycles. The van der Waals surface area contributed by atoms with Crippen molar-refractivity contribution in [2.75, 3.05) is 0 Å². The van der Waals surface area contributed by atoms with E-state index in [-0.39, 0.29) is 0 Å². The second-order valence-electron chi connectivity index (χ2n) is 2.93. The molecule has 2 heteroatoms. The molecule has 0 heterocycles. The van der Waals surface area contributed by atoms with Crippen molar-refractivity contribution in [2.45, 2.75) is 6.42 Å². The summed E-state index contributed by atoms with van der Waals surface area (Å²) in [6.07, 6.45) is 8.25. The van der Waals surface area contributed by atoms with Gasteiger partial charge in [-0.1, -0.05) is 24.3 Å². The van der Waals surface area contributed by atoms with Gasteiger partial charge in [0.15, 0.2) is 0 Å². The Hall–Kier alpha value is -1.05. The van der Waals surface area contributed by atoms with E-state index in [0.29, 0.717) is 5.92 Å². The van der Waals surface area contributed by atoms with Crippen LogP contribution in [0.15, 0.2) is 24.3 Å². The molecule has 0 unspecified atom stereocenters. The van der Waals surface area contributed by atoms with Crippen LogP contribution in [0, 0.1) is 11.3 Å². The van der Waals surface area contributed by atoms with E-state index in [1.807, 2.05) is 12.2 Å². The van der Waals surface area contributed by atoms with Crippen LogP contribution >= 0.6 is 0 Å². The first-order chi connectivity index (χ1) is 4.73. The normalized spacial score (nSPS) is 41.0. The molecule has 0 spiro atoms. The maximum absolute atomic E-state index is 10.7. The molecule has 2 nitrogen and oxygen atoms in total. The number of hydrogen-bond acceptors (Lipinski definition) is 1. The quantitative estimate of drug-likeness (QED) is 0.550. The van der Waals surface area contributed by atoms with Gasteiger partial charge in [0.25, 0.3) is 0 Å². The monoisotopic (exact) mass is 136 g/mol. The molecular weight excluding hydrogens is 128 g/mol. The highest BCUT2D eigenvalue weighted by molar-refractivity contribution is 5.81. The topological polar surface area (TPSA) is 37.3 Å². The Kier molecular flexibility index (Phi) is 0.862. The van der Waals surface area contributed by atoms with Gasteiger partial charge in [-0.2, -0.15) is 0 Å². The number of rotatable bonds is 1. The molecule has 52 valence electrons. The number of hydrogen-bond donors (Lipinski definition) is 1. The minimum Gasteiger partial charge on any atom is -0.480 e. The van der Waals surface area contributed by atoms with Crippen LogP contribution in [0.25, 0.3) is 0 Å². The van der Waals surface area contributed by atoms with E-state index in [4.69, 9.17) is 5.11 Å². The van der Waals surface area contributed by atoms with Gasteiger partial charge in [0, 0.05) is 0 Å². The van der Waals surface area contributed by atoms with Crippen LogP contribution in [-0.2, 0) is 4.79 Å². The lowest BCUT2D eigenvalue weighted by Crippen LogP contribution is -2.22. The standard InChI is InChI=1S/C8H8O2/c9-7(10)8-3-1-6(5-8)2-4-8/h1-4,6H,5H2,(H,9,10). The van der Waals surface area contributed by atoms with Crippen LogP contribution < -0.4 is 0 Å². The average molecular weight is 136 g/mol. The average Bonchev–Trinajstić information content (AvgIpc) is 2.45. The number of carbonyl (C=O) groups is 1. The van der Waals surface area contributed by atoms with Gasteiger partial charge in [-0.15, -0.1) is 0 Å². The molecule has 0 fully saturated rings. The van der Waals surface area contributed by atoms with Crippen LogP contribution in [0.1, 0.15) is 6.42 Å². The predicted octanol–water partition coefficient (Wildman–Crippen LogP) is 1.20. The first-order valence-electron chi connectivity index (χ1n) is 3.35. The van der Waals surface area contributed by atoms with E-state index in [2.05, 4.69) is 0 Å². The molecule has 2 aliphatic carbocycles. The zero-order chi connectivity index (χ0) is 7.19. The zero-order valence-corrected chi connectivity index (χ0v) is 5.45. The van der Waals surface area contributed by atoms with E-state index >= 15 is 0 Å². The fourth-order valence-corrected chi connectivity index (χ4v) is 1.60. The second kappa shape index (κ2) is 1.51. The molecular formula is C8H8O2. The number of aliphatic carboxylic acids is 1. The number of carboxylic acid groups (broad SMARTS) is 1. The van der Waals surface area contributed by atoms with Gasteiger partial charge < -0.3 is 5.11 Å². The Morgan fingerprint density at radius 1 is 1.50 bits per heavy atom. The summed E-state index contributed by atoms with van der Waals surface area (Å²) < 4.78 is 0. The van der Waals surface area contributed by atoms with Crippen molar-refractivity contribution in [3.05, 3.63) is 24.3 Å². The zero-order valence-electron chi connectivity index (χ0n) is 5.45. The van der Waals surface area contributed by atoms with Crippen LogP contribution in [-0.4, -0.2) is 11.1 Å². The Morgan fingerprint density at radius 2 is 2.10 bits per heavy atom. The maximum atomic E-state index is 10.7. The lowest BCUT2D eigenvalue weighted by molar-refractivity contribution is -0.143. The van der Waals surface area contributed by atoms with Crippen molar-refractivity contribution >= 4 is 5.97 Å². The molecule has 2 bridgehead atoms. The third-order valence-electron chi connectivity index (χ3n) is 2.25. The highest BCUT2D eigenvalue weighted by Crippen LogP contribution is 2.43. The molecule has 2 rings (SSSR count). The van der Waals surface area contributed by atoms with Gasteiger partial charge >= 0.3 is 5.97 Å². The molecule has 10 heavy (non-hydrogen) atoms. The highest BCUT2D eigenvalue weighted by Gasteiger charge is 2.42. The van der Waals surface area contributed by atoms with Gasteiger partial charge in [-0.05, 0) is 12.3 Å². The highest BCUT2D eigenvalue weighted by atomic mass is 16.4. The minimum absolute atomic E-state index is 0.385. The summed E-state index contributed by atoms with van der Waals surface area (Å²) in [6, 6.07) is 0. The van der Waals surface area contributed by atoms with Crippen LogP contribution in [0.2, 0.25) is 0 Å². The number of allylic oxidation sites excluding steroid dienone is 2. The number of fused-ring (bicyclic) bond motifs is 2. The molecule has 0 aromatic heterocycles. The summed E-state index contributed by atoms with van der Waals surface area (Å²) in [4.78, 5) is 10.7. The molecule has 0 aromatic rings. The maximum Gasteiger partial charge on any atom is 0.317 e. The lowest BCUT2D eigenvalue weighted by Gasteiger charge is -2.12. The molecule has 0 amide bonds. The SMILES string of the molecule is O=C(O)C12C=CC(C=C1)C2. The van der Waals surface area contributed by atoms with Crippen molar-refractivity contribution in [2.24, 2.45) is 11.3 Å². The smallest absolute Gasteiger partial charge is 0.317 e. The Bertz CT molecular complexity index is 224. The van der Waals surface area contributed by atoms with Crippen molar-refractivity contribution in [1.29, 1.82) is 0 Å². The predicted molar refractivity (Wildman–Crippen MR) is 36.5 cm³/mol. The summed E-state index contributed by atoms with van der Waals surface area (Å²) in [7, 11) is 0. The summed E-state index contributed by atoms with van der Waals surface area (Å²) in [5.41, 5.74) is -0.634. The van der Waals surface area contributed by atoms with Gasteiger partial charge in [0.05, 0.1) is 0 Å². The second-order valence-corrected chi connectivity index (χ2v) is 2.93. The summed E-state index contributed by atoms with van der Waals surface area (Å²) >= 11 is 0. The van der Waals surface area contributed by atoms with Crippen LogP contribution in [0.5, 0.6) is 0 Å². The van der Waals surface area contributed by atoms with E-state index in [1.165, 1.54) is 0 Å². The fraction of sp³-hybridized carbons (Fsp3) is 0.375.